The molecule has 1 atom stereocenters. The van der Waals surface area contributed by atoms with E-state index >= 15 is 0 Å². The first-order chi connectivity index (χ1) is 8.16. The number of benzene rings is 1. The fourth-order valence-electron chi connectivity index (χ4n) is 1.72. The van der Waals surface area contributed by atoms with Crippen LogP contribution in [0.4, 0.5) is 4.39 Å². The lowest BCUT2D eigenvalue weighted by Crippen LogP contribution is -1.99. The van der Waals surface area contributed by atoms with Crippen LogP contribution < -0.4 is 0 Å². The van der Waals surface area contributed by atoms with Crippen molar-refractivity contribution in [1.29, 1.82) is 0 Å². The van der Waals surface area contributed by atoms with E-state index in [0.717, 1.165) is 17.5 Å². The van der Waals surface area contributed by atoms with Gasteiger partial charge in [-0.05, 0) is 42.7 Å². The number of nitrogens with zero attached hydrogens (tertiary/aromatic N) is 1. The molecule has 0 amide bonds. The molecule has 0 saturated heterocycles. The van der Waals surface area contributed by atoms with Crippen molar-refractivity contribution in [2.75, 3.05) is 0 Å². The summed E-state index contributed by atoms with van der Waals surface area (Å²) in [5.41, 5.74) is 2.78. The van der Waals surface area contributed by atoms with Gasteiger partial charge in [0, 0.05) is 22.8 Å². The van der Waals surface area contributed by atoms with E-state index in [1.807, 2.05) is 31.2 Å². The minimum atomic E-state index is -0.152. The first-order valence-corrected chi connectivity index (χ1v) is 6.37. The molecule has 17 heavy (non-hydrogen) atoms. The molecule has 0 bridgehead atoms. The highest BCUT2D eigenvalue weighted by molar-refractivity contribution is 9.09. The number of pyridine rings is 1. The van der Waals surface area contributed by atoms with Gasteiger partial charge < -0.3 is 0 Å². The molecular formula is C14H13BrFN. The summed E-state index contributed by atoms with van der Waals surface area (Å²) >= 11 is 3.54. The van der Waals surface area contributed by atoms with E-state index in [0.29, 0.717) is 5.56 Å². The third kappa shape index (κ3) is 3.13. The van der Waals surface area contributed by atoms with Crippen molar-refractivity contribution in [3.05, 3.63) is 65.2 Å². The average molecular weight is 294 g/mol. The molecule has 1 unspecified atom stereocenters. The highest BCUT2D eigenvalue weighted by Gasteiger charge is 2.13. The first kappa shape index (κ1) is 12.2. The number of hydrogen-bond acceptors (Lipinski definition) is 1. The molecule has 88 valence electrons. The predicted octanol–water partition coefficient (Wildman–Crippen LogP) is 4.21. The largest absolute Gasteiger partial charge is 0.265 e. The summed E-state index contributed by atoms with van der Waals surface area (Å²) in [4.78, 5) is 3.96. The third-order valence-corrected chi connectivity index (χ3v) is 3.47. The van der Waals surface area contributed by atoms with Gasteiger partial charge in [0.25, 0.3) is 0 Å². The van der Waals surface area contributed by atoms with Gasteiger partial charge in [0.1, 0.15) is 5.82 Å². The van der Waals surface area contributed by atoms with Gasteiger partial charge in [-0.2, -0.15) is 0 Å². The van der Waals surface area contributed by atoms with Gasteiger partial charge in [-0.1, -0.05) is 28.1 Å². The monoisotopic (exact) mass is 293 g/mol. The van der Waals surface area contributed by atoms with E-state index in [1.54, 1.807) is 18.5 Å². The summed E-state index contributed by atoms with van der Waals surface area (Å²) in [6.07, 6.45) is 4.25. The molecule has 0 aliphatic heterocycles. The van der Waals surface area contributed by atoms with Crippen LogP contribution in [0, 0.1) is 12.7 Å². The topological polar surface area (TPSA) is 12.9 Å². The minimum Gasteiger partial charge on any atom is -0.265 e. The van der Waals surface area contributed by atoms with Crippen LogP contribution in [0.2, 0.25) is 0 Å². The summed E-state index contributed by atoms with van der Waals surface area (Å²) in [7, 11) is 0. The fourth-order valence-corrected chi connectivity index (χ4v) is 2.47. The van der Waals surface area contributed by atoms with E-state index in [2.05, 4.69) is 20.9 Å². The Kier molecular flexibility index (Phi) is 3.89. The SMILES string of the molecule is Cc1ccc(C(Br)Cc2ccncc2)c(F)c1. The van der Waals surface area contributed by atoms with Gasteiger partial charge in [0.05, 0.1) is 0 Å². The third-order valence-electron chi connectivity index (χ3n) is 2.66. The normalized spacial score (nSPS) is 12.4. The second-order valence-corrected chi connectivity index (χ2v) is 5.16. The van der Waals surface area contributed by atoms with E-state index in [1.165, 1.54) is 0 Å². The summed E-state index contributed by atoms with van der Waals surface area (Å²) in [5.74, 6) is -0.152. The maximum Gasteiger partial charge on any atom is 0.127 e. The summed E-state index contributed by atoms with van der Waals surface area (Å²) in [6, 6.07) is 9.22. The predicted molar refractivity (Wildman–Crippen MR) is 70.7 cm³/mol. The molecule has 1 aromatic carbocycles. The van der Waals surface area contributed by atoms with Crippen molar-refractivity contribution >= 4 is 15.9 Å². The first-order valence-electron chi connectivity index (χ1n) is 5.46. The Morgan fingerprint density at radius 1 is 1.24 bits per heavy atom. The highest BCUT2D eigenvalue weighted by atomic mass is 79.9. The quantitative estimate of drug-likeness (QED) is 0.773. The molecule has 1 aromatic heterocycles. The number of alkyl halides is 1. The number of aryl methyl sites for hydroxylation is 1. The van der Waals surface area contributed by atoms with E-state index < -0.39 is 0 Å². The van der Waals surface area contributed by atoms with Crippen LogP contribution in [-0.4, -0.2) is 4.98 Å². The van der Waals surface area contributed by atoms with Crippen LogP contribution in [0.5, 0.6) is 0 Å². The van der Waals surface area contributed by atoms with Crippen molar-refractivity contribution in [3.8, 4) is 0 Å². The van der Waals surface area contributed by atoms with Gasteiger partial charge in [-0.3, -0.25) is 4.98 Å². The lowest BCUT2D eigenvalue weighted by Gasteiger charge is -2.11. The molecule has 1 nitrogen and oxygen atoms in total. The van der Waals surface area contributed by atoms with Gasteiger partial charge in [0.2, 0.25) is 0 Å². The Labute approximate surface area is 109 Å². The molecule has 1 heterocycles. The standard InChI is InChI=1S/C14H13BrFN/c1-10-2-3-12(14(16)8-10)13(15)9-11-4-6-17-7-5-11/h2-8,13H,9H2,1H3. The maximum atomic E-state index is 13.8. The van der Waals surface area contributed by atoms with Crippen molar-refractivity contribution in [1.82, 2.24) is 4.98 Å². The molecule has 2 rings (SSSR count). The van der Waals surface area contributed by atoms with Gasteiger partial charge in [-0.25, -0.2) is 4.39 Å². The van der Waals surface area contributed by atoms with E-state index in [4.69, 9.17) is 0 Å². The highest BCUT2D eigenvalue weighted by Crippen LogP contribution is 2.29. The molecule has 0 aliphatic carbocycles. The fraction of sp³-hybridized carbons (Fsp3) is 0.214. The molecule has 0 N–H and O–H groups in total. The van der Waals surface area contributed by atoms with Gasteiger partial charge in [0.15, 0.2) is 0 Å². The molecule has 0 aliphatic rings. The number of hydrogen-bond donors (Lipinski definition) is 0. The molecular weight excluding hydrogens is 281 g/mol. The lowest BCUT2D eigenvalue weighted by molar-refractivity contribution is 0.607. The van der Waals surface area contributed by atoms with E-state index in [-0.39, 0.29) is 10.6 Å². The maximum absolute atomic E-state index is 13.8. The molecule has 0 spiro atoms. The Bertz CT molecular complexity index is 499. The lowest BCUT2D eigenvalue weighted by atomic mass is 10.0. The van der Waals surface area contributed by atoms with Crippen LogP contribution >= 0.6 is 15.9 Å². The molecule has 0 saturated carbocycles. The minimum absolute atomic E-state index is 0.00880. The Morgan fingerprint density at radius 3 is 2.59 bits per heavy atom. The van der Waals surface area contributed by atoms with Crippen molar-refractivity contribution in [3.63, 3.8) is 0 Å². The van der Waals surface area contributed by atoms with Crippen molar-refractivity contribution in [2.45, 2.75) is 18.2 Å². The van der Waals surface area contributed by atoms with Crippen LogP contribution in [0.15, 0.2) is 42.7 Å². The second-order valence-electron chi connectivity index (χ2n) is 4.05. The zero-order chi connectivity index (χ0) is 12.3. The summed E-state index contributed by atoms with van der Waals surface area (Å²) in [6.45, 7) is 1.89. The number of aromatic nitrogens is 1. The molecule has 2 aromatic rings. The Morgan fingerprint density at radius 2 is 1.94 bits per heavy atom. The van der Waals surface area contributed by atoms with Crippen LogP contribution in [-0.2, 0) is 6.42 Å². The zero-order valence-corrected chi connectivity index (χ0v) is 11.1. The summed E-state index contributed by atoms with van der Waals surface area (Å²) < 4.78 is 13.8. The van der Waals surface area contributed by atoms with Crippen LogP contribution in [0.1, 0.15) is 21.5 Å². The summed E-state index contributed by atoms with van der Waals surface area (Å²) in [5, 5.41) is 0. The molecule has 0 radical (unpaired) electrons. The average Bonchev–Trinajstić information content (AvgIpc) is 2.30. The number of halogens is 2. The van der Waals surface area contributed by atoms with Gasteiger partial charge >= 0.3 is 0 Å². The number of rotatable bonds is 3. The van der Waals surface area contributed by atoms with Gasteiger partial charge in [-0.15, -0.1) is 0 Å². The smallest absolute Gasteiger partial charge is 0.127 e. The van der Waals surface area contributed by atoms with Crippen molar-refractivity contribution in [2.24, 2.45) is 0 Å². The molecule has 0 fully saturated rings. The second kappa shape index (κ2) is 5.41. The molecule has 3 heteroatoms. The van der Waals surface area contributed by atoms with Crippen molar-refractivity contribution < 1.29 is 4.39 Å². The Hall–Kier alpha value is -1.22. The Balaban J connectivity index is 2.17. The zero-order valence-electron chi connectivity index (χ0n) is 9.53. The van der Waals surface area contributed by atoms with Crippen LogP contribution in [0.25, 0.3) is 0 Å². The van der Waals surface area contributed by atoms with Crippen LogP contribution in [0.3, 0.4) is 0 Å². The van der Waals surface area contributed by atoms with E-state index in [9.17, 15) is 4.39 Å².